The lowest BCUT2D eigenvalue weighted by atomic mass is 9.92. The van der Waals surface area contributed by atoms with E-state index in [0.29, 0.717) is 6.61 Å². The highest BCUT2D eigenvalue weighted by Gasteiger charge is 2.59. The molecule has 1 aliphatic heterocycles. The van der Waals surface area contributed by atoms with Crippen LogP contribution in [-0.2, 0) is 43.7 Å². The van der Waals surface area contributed by atoms with Crippen molar-refractivity contribution >= 4 is 36.1 Å². The second kappa shape index (κ2) is 18.6. The van der Waals surface area contributed by atoms with Crippen LogP contribution < -0.4 is 10.6 Å². The van der Waals surface area contributed by atoms with Gasteiger partial charge in [-0.3, -0.25) is 15.0 Å². The summed E-state index contributed by atoms with van der Waals surface area (Å²) in [7, 11) is 0. The Bertz CT molecular complexity index is 1520. The number of rotatable bonds is 16. The standard InChI is InChI=1S/C37H56N6O10/c1-9-10-17-50-36(7,8)33(47)43-31(40-21-39)24-15-16-26(41-24)37(20-38)30(45)29(25(52-37)19-49-27(44)18-23-13-11-12-14-23)51-32(46)28(22(2)3)42-34(48)53-35(4,5)6/h15-16,21-23,25,28-30,41,45H,9-14,17-19H2,1-8H3,(H,42,48)(H2,39,40,43,47)/t25-,28+,29-,30-,37+/m1/s1. The zero-order chi connectivity index (χ0) is 39.6. The minimum atomic E-state index is -2.19. The Labute approximate surface area is 311 Å². The highest BCUT2D eigenvalue weighted by molar-refractivity contribution is 6.10. The second-order valence-corrected chi connectivity index (χ2v) is 15.3. The number of nitrogens with zero attached hydrogens (tertiary/aromatic N) is 2. The second-order valence-electron chi connectivity index (χ2n) is 15.3. The summed E-state index contributed by atoms with van der Waals surface area (Å²) in [5.41, 5.74) is -4.11. The molecule has 1 aromatic rings. The van der Waals surface area contributed by atoms with Gasteiger partial charge in [0.05, 0.1) is 11.4 Å². The average molecular weight is 745 g/mol. The Morgan fingerprint density at radius 2 is 1.87 bits per heavy atom. The molecule has 5 atom stereocenters. The zero-order valence-corrected chi connectivity index (χ0v) is 32.1. The molecule has 0 bridgehead atoms. The minimum absolute atomic E-state index is 0.000932. The van der Waals surface area contributed by atoms with Crippen molar-refractivity contribution in [2.24, 2.45) is 16.8 Å². The van der Waals surface area contributed by atoms with E-state index < -0.39 is 77.6 Å². The van der Waals surface area contributed by atoms with Gasteiger partial charge < -0.3 is 44.4 Å². The van der Waals surface area contributed by atoms with Crippen molar-refractivity contribution in [1.29, 1.82) is 10.7 Å². The maximum atomic E-state index is 13.6. The molecule has 0 aromatic carbocycles. The van der Waals surface area contributed by atoms with Gasteiger partial charge in [0.1, 0.15) is 48.5 Å². The van der Waals surface area contributed by atoms with Crippen molar-refractivity contribution < 1.29 is 48.0 Å². The average Bonchev–Trinajstić information content (AvgIpc) is 3.83. The van der Waals surface area contributed by atoms with Gasteiger partial charge in [0.15, 0.2) is 11.9 Å². The monoisotopic (exact) mass is 744 g/mol. The fourth-order valence-corrected chi connectivity index (χ4v) is 6.06. The summed E-state index contributed by atoms with van der Waals surface area (Å²) < 4.78 is 28.6. The van der Waals surface area contributed by atoms with Crippen LogP contribution in [0.3, 0.4) is 0 Å². The number of hydrogen-bond donors (Lipinski definition) is 5. The molecule has 1 saturated heterocycles. The number of ether oxygens (including phenoxy) is 5. The molecule has 0 spiro atoms. The molecule has 16 heteroatoms. The van der Waals surface area contributed by atoms with Gasteiger partial charge in [-0.25, -0.2) is 14.6 Å². The number of amidine groups is 1. The zero-order valence-electron chi connectivity index (χ0n) is 32.1. The largest absolute Gasteiger partial charge is 0.463 e. The Kier molecular flexibility index (Phi) is 15.1. The molecule has 1 aliphatic carbocycles. The predicted octanol–water partition coefficient (Wildman–Crippen LogP) is 4.14. The molecule has 0 unspecified atom stereocenters. The molecule has 3 rings (SSSR count). The lowest BCUT2D eigenvalue weighted by Gasteiger charge is -2.28. The summed E-state index contributed by atoms with van der Waals surface area (Å²) in [6, 6.07) is 3.67. The van der Waals surface area contributed by atoms with E-state index in [1.807, 2.05) is 13.0 Å². The fraction of sp³-hybridized carbons (Fsp3) is 0.703. The summed E-state index contributed by atoms with van der Waals surface area (Å²) >= 11 is 0. The van der Waals surface area contributed by atoms with Gasteiger partial charge in [-0.15, -0.1) is 0 Å². The number of aliphatic hydroxyl groups is 1. The number of carbonyl (C=O) groups is 4. The Balaban J connectivity index is 1.92. The lowest BCUT2D eigenvalue weighted by molar-refractivity contribution is -0.163. The Morgan fingerprint density at radius 1 is 1.19 bits per heavy atom. The Morgan fingerprint density at radius 3 is 2.45 bits per heavy atom. The van der Waals surface area contributed by atoms with Crippen molar-refractivity contribution in [3.05, 3.63) is 23.5 Å². The summed E-state index contributed by atoms with van der Waals surface area (Å²) in [5.74, 6) is -2.33. The van der Waals surface area contributed by atoms with E-state index in [1.54, 1.807) is 48.5 Å². The molecule has 2 amide bonds. The number of unbranched alkanes of at least 4 members (excludes halogenated alkanes) is 1. The number of nitriles is 1. The number of carbonyl (C=O) groups excluding carboxylic acids is 4. The van der Waals surface area contributed by atoms with Crippen LogP contribution in [0.2, 0.25) is 0 Å². The van der Waals surface area contributed by atoms with Crippen LogP contribution in [0, 0.1) is 28.6 Å². The smallest absolute Gasteiger partial charge is 0.408 e. The van der Waals surface area contributed by atoms with Gasteiger partial charge in [0, 0.05) is 13.0 Å². The number of H-pyrrole nitrogens is 1. The van der Waals surface area contributed by atoms with E-state index in [4.69, 9.17) is 29.1 Å². The molecule has 2 aliphatic rings. The number of alkyl carbamates (subject to hydrolysis) is 1. The third-order valence-electron chi connectivity index (χ3n) is 9.06. The summed E-state index contributed by atoms with van der Waals surface area (Å²) in [6.07, 6.45) is 0.909. The van der Waals surface area contributed by atoms with Crippen LogP contribution >= 0.6 is 0 Å². The van der Waals surface area contributed by atoms with E-state index >= 15 is 0 Å². The van der Waals surface area contributed by atoms with Crippen molar-refractivity contribution in [2.75, 3.05) is 13.2 Å². The number of esters is 2. The lowest BCUT2D eigenvalue weighted by Crippen LogP contribution is -2.50. The number of aromatic amines is 1. The van der Waals surface area contributed by atoms with Crippen LogP contribution in [0.1, 0.15) is 112 Å². The van der Waals surface area contributed by atoms with Gasteiger partial charge in [-0.2, -0.15) is 5.26 Å². The first kappa shape index (κ1) is 43.1. The van der Waals surface area contributed by atoms with Gasteiger partial charge in [-0.1, -0.05) is 40.0 Å². The number of aromatic nitrogens is 1. The number of nitrogens with one attached hydrogen (secondary N) is 4. The van der Waals surface area contributed by atoms with E-state index in [-0.39, 0.29) is 29.6 Å². The maximum absolute atomic E-state index is 13.6. The van der Waals surface area contributed by atoms with E-state index in [0.717, 1.165) is 44.9 Å². The van der Waals surface area contributed by atoms with Crippen LogP contribution in [0.5, 0.6) is 0 Å². The summed E-state index contributed by atoms with van der Waals surface area (Å²) in [4.78, 5) is 59.1. The maximum Gasteiger partial charge on any atom is 0.408 e. The van der Waals surface area contributed by atoms with E-state index in [1.165, 1.54) is 12.1 Å². The van der Waals surface area contributed by atoms with Crippen molar-refractivity contribution in [1.82, 2.24) is 15.6 Å². The number of hydrogen-bond acceptors (Lipinski definition) is 12. The molecule has 294 valence electrons. The molecule has 16 nitrogen and oxygen atoms in total. The molecule has 53 heavy (non-hydrogen) atoms. The van der Waals surface area contributed by atoms with Gasteiger partial charge in [0.25, 0.3) is 5.91 Å². The molecule has 2 heterocycles. The predicted molar refractivity (Wildman–Crippen MR) is 193 cm³/mol. The first-order valence-corrected chi connectivity index (χ1v) is 18.2. The minimum Gasteiger partial charge on any atom is -0.463 e. The quantitative estimate of drug-likeness (QED) is 0.0530. The number of aliphatic hydroxyl groups excluding tert-OH is 1. The SMILES string of the molecule is CCCCOC(C)(C)C(=O)NC(=NC=N)c1ccc([C@]2(C#N)O[C@H](COC(=O)CC3CCCC3)[C@@H](OC(=O)[C@@H](NC(=O)OC(C)(C)C)C(C)C)[C@H]2O)[nH]1. The van der Waals surface area contributed by atoms with Crippen LogP contribution in [-0.4, -0.2) is 95.0 Å². The number of amides is 2. The third-order valence-corrected chi connectivity index (χ3v) is 9.06. The fourth-order valence-electron chi connectivity index (χ4n) is 6.06. The molecule has 5 N–H and O–H groups in total. The topological polar surface area (TPSA) is 235 Å². The highest BCUT2D eigenvalue weighted by atomic mass is 16.6. The van der Waals surface area contributed by atoms with E-state index in [2.05, 4.69) is 20.6 Å². The molecule has 2 fully saturated rings. The van der Waals surface area contributed by atoms with Crippen molar-refractivity contribution in [2.45, 2.75) is 141 Å². The van der Waals surface area contributed by atoms with E-state index in [9.17, 15) is 29.5 Å². The van der Waals surface area contributed by atoms with Gasteiger partial charge in [-0.05, 0) is 77.8 Å². The molecular weight excluding hydrogens is 688 g/mol. The molecule has 0 radical (unpaired) electrons. The van der Waals surface area contributed by atoms with Crippen LogP contribution in [0.15, 0.2) is 17.1 Å². The molecule has 1 saturated carbocycles. The molecule has 1 aromatic heterocycles. The Hall–Kier alpha value is -4.33. The van der Waals surface area contributed by atoms with Crippen LogP contribution in [0.4, 0.5) is 4.79 Å². The van der Waals surface area contributed by atoms with Crippen molar-refractivity contribution in [3.8, 4) is 6.07 Å². The number of aliphatic imine (C=N–C) groups is 1. The highest BCUT2D eigenvalue weighted by Crippen LogP contribution is 2.41. The summed E-state index contributed by atoms with van der Waals surface area (Å²) in [6.45, 7) is 13.5. The first-order chi connectivity index (χ1) is 24.9. The van der Waals surface area contributed by atoms with Gasteiger partial charge in [0.2, 0.25) is 5.60 Å². The molecular formula is C37H56N6O10. The van der Waals surface area contributed by atoms with Crippen molar-refractivity contribution in [3.63, 3.8) is 0 Å². The third kappa shape index (κ3) is 11.6. The van der Waals surface area contributed by atoms with Gasteiger partial charge >= 0.3 is 18.0 Å². The first-order valence-electron chi connectivity index (χ1n) is 18.2. The van der Waals surface area contributed by atoms with Crippen LogP contribution in [0.25, 0.3) is 0 Å². The summed E-state index contributed by atoms with van der Waals surface area (Å²) in [5, 5.41) is 35.1. The normalized spacial score (nSPS) is 22.9.